The number of nitriles is 1. The van der Waals surface area contributed by atoms with E-state index in [1.165, 1.54) is 45.7 Å². The van der Waals surface area contributed by atoms with Crippen LogP contribution in [-0.2, 0) is 33.6 Å². The van der Waals surface area contributed by atoms with E-state index in [-0.39, 0.29) is 24.1 Å². The monoisotopic (exact) mass is 435 g/mol. The number of thiazole rings is 1. The molecular weight excluding hydrogens is 414 g/mol. The summed E-state index contributed by atoms with van der Waals surface area (Å²) in [5, 5.41) is 14.9. The molecule has 2 heterocycles. The molecule has 0 saturated carbocycles. The van der Waals surface area contributed by atoms with E-state index in [4.69, 9.17) is 4.74 Å². The van der Waals surface area contributed by atoms with Crippen molar-refractivity contribution in [2.75, 3.05) is 17.7 Å². The Hall–Kier alpha value is -1.89. The summed E-state index contributed by atoms with van der Waals surface area (Å²) in [5.74, 6) is -0.247. The Morgan fingerprint density at radius 1 is 1.36 bits per heavy atom. The molecule has 0 fully saturated rings. The van der Waals surface area contributed by atoms with Gasteiger partial charge in [-0.2, -0.15) is 5.26 Å². The van der Waals surface area contributed by atoms with Gasteiger partial charge in [0.1, 0.15) is 11.1 Å². The lowest BCUT2D eigenvalue weighted by Gasteiger charge is -2.03. The third-order valence-electron chi connectivity index (χ3n) is 4.27. The summed E-state index contributed by atoms with van der Waals surface area (Å²) in [6.07, 6.45) is 5.48. The molecule has 1 aliphatic rings. The van der Waals surface area contributed by atoms with Crippen molar-refractivity contribution in [3.05, 3.63) is 27.1 Å². The van der Waals surface area contributed by atoms with Crippen molar-refractivity contribution in [3.63, 3.8) is 0 Å². The van der Waals surface area contributed by atoms with E-state index in [1.54, 1.807) is 12.3 Å². The van der Waals surface area contributed by atoms with Crippen LogP contribution in [-0.4, -0.2) is 29.2 Å². The predicted octanol–water partition coefficient (Wildman–Crippen LogP) is 4.18. The fourth-order valence-electron chi connectivity index (χ4n) is 3.03. The van der Waals surface area contributed by atoms with Crippen LogP contribution in [0.25, 0.3) is 0 Å². The van der Waals surface area contributed by atoms with Crippen LogP contribution >= 0.6 is 34.4 Å². The number of fused-ring (bicyclic) bond motifs is 1. The number of carbonyl (C=O) groups is 2. The molecule has 0 unspecified atom stereocenters. The number of amides is 1. The zero-order chi connectivity index (χ0) is 19.9. The number of rotatable bonds is 7. The van der Waals surface area contributed by atoms with Gasteiger partial charge in [-0.15, -0.1) is 22.7 Å². The number of hydrogen-bond acceptors (Lipinski definition) is 8. The normalized spacial score (nSPS) is 13.3. The minimum Gasteiger partial charge on any atom is -0.466 e. The van der Waals surface area contributed by atoms with Crippen molar-refractivity contribution in [1.82, 2.24) is 4.98 Å². The van der Waals surface area contributed by atoms with Gasteiger partial charge in [0.2, 0.25) is 5.91 Å². The van der Waals surface area contributed by atoms with Crippen LogP contribution < -0.4 is 5.32 Å². The fraction of sp³-hybridized carbons (Fsp3) is 0.474. The molecule has 3 rings (SSSR count). The van der Waals surface area contributed by atoms with Crippen LogP contribution in [0.1, 0.15) is 47.9 Å². The highest BCUT2D eigenvalue weighted by molar-refractivity contribution is 8.01. The van der Waals surface area contributed by atoms with Gasteiger partial charge < -0.3 is 10.1 Å². The molecule has 1 N–H and O–H groups in total. The highest BCUT2D eigenvalue weighted by atomic mass is 32.2. The summed E-state index contributed by atoms with van der Waals surface area (Å²) >= 11 is 4.27. The van der Waals surface area contributed by atoms with Crippen LogP contribution in [0.5, 0.6) is 0 Å². The molecule has 6 nitrogen and oxygen atoms in total. The van der Waals surface area contributed by atoms with Gasteiger partial charge in [0.05, 0.1) is 30.0 Å². The minimum absolute atomic E-state index is 0.142. The molecule has 1 aliphatic carbocycles. The van der Waals surface area contributed by atoms with Crippen LogP contribution in [0.2, 0.25) is 0 Å². The fourth-order valence-corrected chi connectivity index (χ4v) is 5.94. The van der Waals surface area contributed by atoms with Gasteiger partial charge in [0, 0.05) is 10.3 Å². The van der Waals surface area contributed by atoms with Crippen molar-refractivity contribution in [3.8, 4) is 6.07 Å². The molecule has 0 saturated heterocycles. The maximum absolute atomic E-state index is 12.4. The number of anilines is 1. The molecule has 0 radical (unpaired) electrons. The van der Waals surface area contributed by atoms with Crippen molar-refractivity contribution in [2.24, 2.45) is 0 Å². The second-order valence-electron chi connectivity index (χ2n) is 6.30. The number of ether oxygens (including phenoxy) is 1. The van der Waals surface area contributed by atoms with Crippen molar-refractivity contribution in [2.45, 2.75) is 49.8 Å². The second kappa shape index (κ2) is 10.0. The molecule has 2 aromatic heterocycles. The number of thioether (sulfide) groups is 1. The van der Waals surface area contributed by atoms with Crippen molar-refractivity contribution < 1.29 is 14.3 Å². The average Bonchev–Trinajstić information content (AvgIpc) is 3.16. The zero-order valence-corrected chi connectivity index (χ0v) is 18.0. The Labute approximate surface area is 176 Å². The Kier molecular flexibility index (Phi) is 7.48. The largest absolute Gasteiger partial charge is 0.466 e. The molecule has 1 amide bonds. The molecule has 0 aromatic carbocycles. The van der Waals surface area contributed by atoms with Crippen LogP contribution in [0.3, 0.4) is 0 Å². The predicted molar refractivity (Wildman–Crippen MR) is 112 cm³/mol. The summed E-state index contributed by atoms with van der Waals surface area (Å²) in [4.78, 5) is 29.5. The Bertz CT molecular complexity index is 898. The second-order valence-corrected chi connectivity index (χ2v) is 9.49. The number of aromatic nitrogens is 1. The first-order valence-electron chi connectivity index (χ1n) is 9.18. The summed E-state index contributed by atoms with van der Waals surface area (Å²) in [5.41, 5.74) is 2.41. The lowest BCUT2D eigenvalue weighted by molar-refractivity contribution is -0.142. The number of aryl methyl sites for hydroxylation is 1. The summed E-state index contributed by atoms with van der Waals surface area (Å²) < 4.78 is 5.65. The van der Waals surface area contributed by atoms with Gasteiger partial charge in [-0.1, -0.05) is 18.2 Å². The highest BCUT2D eigenvalue weighted by Crippen LogP contribution is 2.37. The van der Waals surface area contributed by atoms with Gasteiger partial charge in [0.15, 0.2) is 4.34 Å². The molecule has 148 valence electrons. The first kappa shape index (κ1) is 20.8. The summed E-state index contributed by atoms with van der Waals surface area (Å²) in [6.45, 7) is 2.11. The smallest absolute Gasteiger partial charge is 0.311 e. The standard InChI is InChI=1S/C19H21N3O3S3/c1-2-25-17(24)8-12-10-26-19(21-12)27-11-16(23)22-18-14(9-20)13-6-4-3-5-7-15(13)28-18/h10H,2-8,11H2,1H3,(H,22,23). The average molecular weight is 436 g/mol. The van der Waals surface area contributed by atoms with E-state index >= 15 is 0 Å². The van der Waals surface area contributed by atoms with Gasteiger partial charge in [-0.25, -0.2) is 4.98 Å². The Balaban J connectivity index is 1.56. The molecule has 28 heavy (non-hydrogen) atoms. The number of esters is 1. The molecule has 9 heteroatoms. The van der Waals surface area contributed by atoms with E-state index in [1.807, 2.05) is 0 Å². The van der Waals surface area contributed by atoms with Crippen LogP contribution in [0.4, 0.5) is 5.00 Å². The molecule has 0 aliphatic heterocycles. The van der Waals surface area contributed by atoms with E-state index < -0.39 is 0 Å². The lowest BCUT2D eigenvalue weighted by Crippen LogP contribution is -2.14. The van der Waals surface area contributed by atoms with Gasteiger partial charge in [-0.3, -0.25) is 9.59 Å². The summed E-state index contributed by atoms with van der Waals surface area (Å²) in [6, 6.07) is 2.28. The number of thiophene rings is 1. The highest BCUT2D eigenvalue weighted by Gasteiger charge is 2.21. The third kappa shape index (κ3) is 5.34. The van der Waals surface area contributed by atoms with E-state index in [9.17, 15) is 14.9 Å². The maximum Gasteiger partial charge on any atom is 0.311 e. The topological polar surface area (TPSA) is 92.1 Å². The van der Waals surface area contributed by atoms with Crippen LogP contribution in [0.15, 0.2) is 9.72 Å². The molecule has 2 aromatic rings. The number of nitrogens with zero attached hydrogens (tertiary/aromatic N) is 2. The molecule has 0 atom stereocenters. The molecule has 0 spiro atoms. The minimum atomic E-state index is -0.302. The number of carbonyl (C=O) groups excluding carboxylic acids is 2. The van der Waals surface area contributed by atoms with E-state index in [2.05, 4.69) is 16.4 Å². The number of nitrogens with one attached hydrogen (secondary N) is 1. The van der Waals surface area contributed by atoms with Crippen LogP contribution in [0, 0.1) is 11.3 Å². The molecular formula is C19H21N3O3S3. The Morgan fingerprint density at radius 3 is 2.96 bits per heavy atom. The van der Waals surface area contributed by atoms with Gasteiger partial charge in [0.25, 0.3) is 0 Å². The van der Waals surface area contributed by atoms with Gasteiger partial charge in [-0.05, 0) is 38.2 Å². The third-order valence-corrected chi connectivity index (χ3v) is 7.55. The van der Waals surface area contributed by atoms with E-state index in [0.717, 1.165) is 35.6 Å². The zero-order valence-electron chi connectivity index (χ0n) is 15.6. The number of hydrogen-bond donors (Lipinski definition) is 1. The van der Waals surface area contributed by atoms with Crippen molar-refractivity contribution in [1.29, 1.82) is 5.26 Å². The lowest BCUT2D eigenvalue weighted by atomic mass is 10.1. The maximum atomic E-state index is 12.4. The van der Waals surface area contributed by atoms with Crippen molar-refractivity contribution >= 4 is 51.3 Å². The van der Waals surface area contributed by atoms with Gasteiger partial charge >= 0.3 is 5.97 Å². The summed E-state index contributed by atoms with van der Waals surface area (Å²) in [7, 11) is 0. The first-order chi connectivity index (χ1) is 13.6. The van der Waals surface area contributed by atoms with E-state index in [0.29, 0.717) is 22.9 Å². The first-order valence-corrected chi connectivity index (χ1v) is 11.9. The SMILES string of the molecule is CCOC(=O)Cc1csc(SCC(=O)Nc2sc3c(c2C#N)CCCCC3)n1. The molecule has 0 bridgehead atoms. The Morgan fingerprint density at radius 2 is 2.18 bits per heavy atom. The quantitative estimate of drug-likeness (QED) is 0.398.